The number of nitrogens with two attached hydrogens (primary N) is 1. The van der Waals surface area contributed by atoms with Gasteiger partial charge in [0.15, 0.2) is 5.60 Å². The van der Waals surface area contributed by atoms with Gasteiger partial charge in [0.25, 0.3) is 5.91 Å². The summed E-state index contributed by atoms with van der Waals surface area (Å²) in [4.78, 5) is 12.1. The molecular formula is C17H27NO2. The largest absolute Gasteiger partial charge is 0.375 e. The van der Waals surface area contributed by atoms with Crippen LogP contribution in [-0.2, 0) is 10.4 Å². The molecule has 1 amide bonds. The van der Waals surface area contributed by atoms with Crippen molar-refractivity contribution in [1.82, 2.24) is 0 Å². The molecule has 0 saturated carbocycles. The van der Waals surface area contributed by atoms with Crippen LogP contribution in [0.5, 0.6) is 0 Å². The molecule has 112 valence electrons. The molecule has 0 fully saturated rings. The van der Waals surface area contributed by atoms with E-state index in [1.54, 1.807) is 12.1 Å². The normalized spacial score (nSPS) is 16.0. The Morgan fingerprint density at radius 3 is 1.70 bits per heavy atom. The summed E-state index contributed by atoms with van der Waals surface area (Å²) in [7, 11) is 0. The van der Waals surface area contributed by atoms with E-state index in [0.717, 1.165) is 0 Å². The number of hydrogen-bond acceptors (Lipinski definition) is 2. The van der Waals surface area contributed by atoms with Crippen LogP contribution >= 0.6 is 0 Å². The van der Waals surface area contributed by atoms with E-state index in [0.29, 0.717) is 5.56 Å². The van der Waals surface area contributed by atoms with E-state index in [9.17, 15) is 9.90 Å². The molecule has 0 heterocycles. The average Bonchev–Trinajstić information content (AvgIpc) is 2.25. The number of rotatable bonds is 3. The highest BCUT2D eigenvalue weighted by Crippen LogP contribution is 2.50. The lowest BCUT2D eigenvalue weighted by molar-refractivity contribution is -0.161. The van der Waals surface area contributed by atoms with Crippen molar-refractivity contribution in [2.24, 2.45) is 22.5 Å². The van der Waals surface area contributed by atoms with Crippen LogP contribution in [0.1, 0.15) is 47.1 Å². The van der Waals surface area contributed by atoms with Gasteiger partial charge in [-0.3, -0.25) is 4.79 Å². The van der Waals surface area contributed by atoms with Crippen LogP contribution in [0.15, 0.2) is 30.3 Å². The van der Waals surface area contributed by atoms with Crippen molar-refractivity contribution >= 4 is 5.91 Å². The molecule has 0 radical (unpaired) electrons. The van der Waals surface area contributed by atoms with Gasteiger partial charge < -0.3 is 10.8 Å². The van der Waals surface area contributed by atoms with E-state index < -0.39 is 11.5 Å². The lowest BCUT2D eigenvalue weighted by atomic mass is 9.57. The summed E-state index contributed by atoms with van der Waals surface area (Å²) in [6, 6.07) is 9.00. The van der Waals surface area contributed by atoms with Gasteiger partial charge in [-0.05, 0) is 16.4 Å². The highest BCUT2D eigenvalue weighted by molar-refractivity contribution is 5.85. The molecule has 0 aromatic heterocycles. The van der Waals surface area contributed by atoms with Gasteiger partial charge in [0.2, 0.25) is 0 Å². The molecule has 1 aromatic carbocycles. The summed E-state index contributed by atoms with van der Waals surface area (Å²) in [5.41, 5.74) is 3.92. The first-order valence-electron chi connectivity index (χ1n) is 6.99. The maximum absolute atomic E-state index is 12.1. The Morgan fingerprint density at radius 1 is 1.00 bits per heavy atom. The fraction of sp³-hybridized carbons (Fsp3) is 0.588. The summed E-state index contributed by atoms with van der Waals surface area (Å²) < 4.78 is 0. The first-order chi connectivity index (χ1) is 8.91. The van der Waals surface area contributed by atoms with Crippen molar-refractivity contribution in [3.63, 3.8) is 0 Å². The van der Waals surface area contributed by atoms with Gasteiger partial charge in [-0.1, -0.05) is 71.9 Å². The zero-order valence-corrected chi connectivity index (χ0v) is 13.4. The predicted octanol–water partition coefficient (Wildman–Crippen LogP) is 3.07. The van der Waals surface area contributed by atoms with Crippen LogP contribution < -0.4 is 5.73 Å². The molecule has 3 N–H and O–H groups in total. The predicted molar refractivity (Wildman–Crippen MR) is 81.9 cm³/mol. The molecular weight excluding hydrogens is 250 g/mol. The Kier molecular flexibility index (Phi) is 4.35. The number of benzene rings is 1. The number of primary amides is 1. The van der Waals surface area contributed by atoms with E-state index >= 15 is 0 Å². The van der Waals surface area contributed by atoms with Gasteiger partial charge in [0, 0.05) is 5.92 Å². The van der Waals surface area contributed by atoms with Crippen molar-refractivity contribution in [1.29, 1.82) is 0 Å². The van der Waals surface area contributed by atoms with Crippen LogP contribution in [0.2, 0.25) is 0 Å². The summed E-state index contributed by atoms with van der Waals surface area (Å²) in [5, 5.41) is 11.2. The lowest BCUT2D eigenvalue weighted by Crippen LogP contribution is -2.56. The molecule has 0 aliphatic rings. The quantitative estimate of drug-likeness (QED) is 0.892. The van der Waals surface area contributed by atoms with E-state index in [-0.39, 0.29) is 16.7 Å². The second-order valence-electron chi connectivity index (χ2n) is 7.66. The standard InChI is InChI=1S/C17H27NO2/c1-15(2,3)13(16(4,5)6)17(20,14(18)19)12-10-8-7-9-11-12/h7-11,13,20H,1-6H3,(H2,18,19). The van der Waals surface area contributed by atoms with Gasteiger partial charge >= 0.3 is 0 Å². The topological polar surface area (TPSA) is 63.3 Å². The molecule has 1 aromatic rings. The van der Waals surface area contributed by atoms with Crippen LogP contribution in [0, 0.1) is 16.7 Å². The Bertz CT molecular complexity index is 454. The molecule has 1 atom stereocenters. The van der Waals surface area contributed by atoms with Crippen LogP contribution in [0.25, 0.3) is 0 Å². The van der Waals surface area contributed by atoms with Crippen LogP contribution in [-0.4, -0.2) is 11.0 Å². The molecule has 0 aliphatic carbocycles. The van der Waals surface area contributed by atoms with Gasteiger partial charge in [-0.15, -0.1) is 0 Å². The summed E-state index contributed by atoms with van der Waals surface area (Å²) in [6.07, 6.45) is 0. The SMILES string of the molecule is CC(C)(C)C(C(C)(C)C)C(O)(C(N)=O)c1ccccc1. The first kappa shape index (κ1) is 16.7. The van der Waals surface area contributed by atoms with Crippen molar-refractivity contribution < 1.29 is 9.90 Å². The number of amides is 1. The van der Waals surface area contributed by atoms with Crippen molar-refractivity contribution in [2.45, 2.75) is 47.1 Å². The van der Waals surface area contributed by atoms with Crippen molar-refractivity contribution in [3.05, 3.63) is 35.9 Å². The number of carbonyl (C=O) groups is 1. The first-order valence-corrected chi connectivity index (χ1v) is 6.99. The molecule has 1 rings (SSSR count). The Labute approximate surface area is 122 Å². The molecule has 3 heteroatoms. The lowest BCUT2D eigenvalue weighted by Gasteiger charge is -2.49. The third kappa shape index (κ3) is 3.04. The van der Waals surface area contributed by atoms with Crippen LogP contribution in [0.3, 0.4) is 0 Å². The van der Waals surface area contributed by atoms with Gasteiger partial charge in [-0.2, -0.15) is 0 Å². The third-order valence-corrected chi connectivity index (χ3v) is 3.74. The number of carbonyl (C=O) groups excluding carboxylic acids is 1. The molecule has 3 nitrogen and oxygen atoms in total. The third-order valence-electron chi connectivity index (χ3n) is 3.74. The molecule has 20 heavy (non-hydrogen) atoms. The molecule has 0 spiro atoms. The average molecular weight is 277 g/mol. The van der Waals surface area contributed by atoms with Gasteiger partial charge in [0.05, 0.1) is 0 Å². The van der Waals surface area contributed by atoms with Crippen molar-refractivity contribution in [2.75, 3.05) is 0 Å². The fourth-order valence-corrected chi connectivity index (χ4v) is 3.70. The van der Waals surface area contributed by atoms with Crippen molar-refractivity contribution in [3.8, 4) is 0 Å². The zero-order valence-electron chi connectivity index (χ0n) is 13.4. The van der Waals surface area contributed by atoms with E-state index in [1.807, 2.05) is 59.7 Å². The molecule has 0 aliphatic heterocycles. The number of aliphatic hydroxyl groups is 1. The van der Waals surface area contributed by atoms with Gasteiger partial charge in [-0.25, -0.2) is 0 Å². The van der Waals surface area contributed by atoms with E-state index in [1.165, 1.54) is 0 Å². The maximum Gasteiger partial charge on any atom is 0.254 e. The maximum atomic E-state index is 12.1. The highest BCUT2D eigenvalue weighted by atomic mass is 16.3. The second-order valence-corrected chi connectivity index (χ2v) is 7.66. The Hall–Kier alpha value is -1.35. The smallest absolute Gasteiger partial charge is 0.254 e. The molecule has 1 unspecified atom stereocenters. The van der Waals surface area contributed by atoms with E-state index in [2.05, 4.69) is 0 Å². The van der Waals surface area contributed by atoms with Crippen LogP contribution in [0.4, 0.5) is 0 Å². The minimum Gasteiger partial charge on any atom is -0.375 e. The minimum atomic E-state index is -1.68. The Morgan fingerprint density at radius 2 is 1.40 bits per heavy atom. The highest BCUT2D eigenvalue weighted by Gasteiger charge is 2.54. The molecule has 0 bridgehead atoms. The molecule has 0 saturated heterocycles. The Balaban J connectivity index is 3.56. The van der Waals surface area contributed by atoms with E-state index in [4.69, 9.17) is 5.73 Å². The summed E-state index contributed by atoms with van der Waals surface area (Å²) in [6.45, 7) is 12.2. The summed E-state index contributed by atoms with van der Waals surface area (Å²) in [5.74, 6) is -1.01. The minimum absolute atomic E-state index is 0.280. The van der Waals surface area contributed by atoms with Gasteiger partial charge in [0.1, 0.15) is 0 Å². The zero-order chi connectivity index (χ0) is 15.8. The monoisotopic (exact) mass is 277 g/mol. The fourth-order valence-electron chi connectivity index (χ4n) is 3.70. The summed E-state index contributed by atoms with van der Waals surface area (Å²) >= 11 is 0. The number of hydrogen-bond donors (Lipinski definition) is 2. The second kappa shape index (κ2) is 5.21.